The third-order valence-corrected chi connectivity index (χ3v) is 3.80. The maximum atomic E-state index is 12.0. The zero-order chi connectivity index (χ0) is 17.4. The van der Waals surface area contributed by atoms with Gasteiger partial charge in [-0.05, 0) is 19.3 Å². The molecular weight excluding hydrogens is 284 g/mol. The van der Waals surface area contributed by atoms with Gasteiger partial charge in [0.25, 0.3) is 0 Å². The Labute approximate surface area is 133 Å². The van der Waals surface area contributed by atoms with Crippen LogP contribution in [0.1, 0.15) is 66.7 Å². The summed E-state index contributed by atoms with van der Waals surface area (Å²) >= 11 is 0. The van der Waals surface area contributed by atoms with E-state index in [2.05, 4.69) is 10.6 Å². The van der Waals surface area contributed by atoms with E-state index in [1.54, 1.807) is 0 Å². The predicted octanol–water partition coefficient (Wildman–Crippen LogP) is 2.08. The number of rotatable bonds is 9. The predicted molar refractivity (Wildman–Crippen MR) is 85.4 cm³/mol. The van der Waals surface area contributed by atoms with Crippen molar-refractivity contribution in [1.29, 1.82) is 0 Å². The largest absolute Gasteiger partial charge is 0.481 e. The molecule has 0 bridgehead atoms. The number of carbonyl (C=O) groups excluding carboxylic acids is 2. The van der Waals surface area contributed by atoms with Gasteiger partial charge in [0.1, 0.15) is 0 Å². The second-order valence-electron chi connectivity index (χ2n) is 6.72. The van der Waals surface area contributed by atoms with Crippen LogP contribution in [0, 0.1) is 5.41 Å². The summed E-state index contributed by atoms with van der Waals surface area (Å²) in [6, 6.07) is 0. The molecule has 3 N–H and O–H groups in total. The molecule has 0 radical (unpaired) electrons. The van der Waals surface area contributed by atoms with Crippen LogP contribution in [0.5, 0.6) is 0 Å². The molecule has 0 aliphatic rings. The summed E-state index contributed by atoms with van der Waals surface area (Å²) in [5.41, 5.74) is -1.12. The lowest BCUT2D eigenvalue weighted by Crippen LogP contribution is -2.49. The molecule has 0 aliphatic carbocycles. The highest BCUT2D eigenvalue weighted by Gasteiger charge is 2.30. The Kier molecular flexibility index (Phi) is 8.12. The standard InChI is InChI=1S/C16H30N2O4/c1-6-16(7-2,11-13(20)21)18-12(19)9-8-10-17-14(22)15(3,4)5/h6-11H2,1-5H3,(H,17,22)(H,18,19)(H,20,21). The molecule has 0 atom stereocenters. The Morgan fingerprint density at radius 3 is 2.00 bits per heavy atom. The van der Waals surface area contributed by atoms with E-state index in [-0.39, 0.29) is 24.7 Å². The number of aliphatic carboxylic acids is 1. The molecule has 0 rings (SSSR count). The Morgan fingerprint density at radius 1 is 1.05 bits per heavy atom. The van der Waals surface area contributed by atoms with Gasteiger partial charge >= 0.3 is 5.97 Å². The lowest BCUT2D eigenvalue weighted by Gasteiger charge is -2.31. The summed E-state index contributed by atoms with van der Waals surface area (Å²) in [4.78, 5) is 34.6. The molecule has 0 aromatic heterocycles. The van der Waals surface area contributed by atoms with Gasteiger partial charge in [0.15, 0.2) is 0 Å². The monoisotopic (exact) mass is 314 g/mol. The molecule has 0 saturated heterocycles. The quantitative estimate of drug-likeness (QED) is 0.568. The van der Waals surface area contributed by atoms with Crippen molar-refractivity contribution in [2.75, 3.05) is 6.54 Å². The van der Waals surface area contributed by atoms with E-state index in [4.69, 9.17) is 5.11 Å². The van der Waals surface area contributed by atoms with Crippen molar-refractivity contribution in [3.8, 4) is 0 Å². The first kappa shape index (κ1) is 20.4. The topological polar surface area (TPSA) is 95.5 Å². The summed E-state index contributed by atoms with van der Waals surface area (Å²) in [6.07, 6.45) is 1.87. The van der Waals surface area contributed by atoms with E-state index in [9.17, 15) is 14.4 Å². The van der Waals surface area contributed by atoms with Gasteiger partial charge in [-0.15, -0.1) is 0 Å². The van der Waals surface area contributed by atoms with Crippen LogP contribution in [-0.2, 0) is 14.4 Å². The first-order valence-corrected chi connectivity index (χ1v) is 7.87. The molecular formula is C16H30N2O4. The SMILES string of the molecule is CCC(CC)(CC(=O)O)NC(=O)CCCNC(=O)C(C)(C)C. The highest BCUT2D eigenvalue weighted by atomic mass is 16.4. The summed E-state index contributed by atoms with van der Waals surface area (Å²) in [5, 5.41) is 14.6. The summed E-state index contributed by atoms with van der Waals surface area (Å²) < 4.78 is 0. The molecule has 0 spiro atoms. The lowest BCUT2D eigenvalue weighted by molar-refractivity contribution is -0.139. The number of nitrogens with one attached hydrogen (secondary N) is 2. The maximum absolute atomic E-state index is 12.0. The fourth-order valence-electron chi connectivity index (χ4n) is 2.08. The van der Waals surface area contributed by atoms with Gasteiger partial charge in [-0.3, -0.25) is 14.4 Å². The van der Waals surface area contributed by atoms with Crippen molar-refractivity contribution >= 4 is 17.8 Å². The highest BCUT2D eigenvalue weighted by Crippen LogP contribution is 2.20. The Hall–Kier alpha value is -1.59. The molecule has 0 unspecified atom stereocenters. The normalized spacial score (nSPS) is 11.9. The minimum Gasteiger partial charge on any atom is -0.481 e. The van der Waals surface area contributed by atoms with E-state index in [1.165, 1.54) is 0 Å². The zero-order valence-electron chi connectivity index (χ0n) is 14.4. The third kappa shape index (κ3) is 7.43. The minimum absolute atomic E-state index is 0.0461. The Morgan fingerprint density at radius 2 is 1.59 bits per heavy atom. The van der Waals surface area contributed by atoms with Gasteiger partial charge in [-0.1, -0.05) is 34.6 Å². The molecule has 0 fully saturated rings. The molecule has 0 aromatic carbocycles. The maximum Gasteiger partial charge on any atom is 0.305 e. The molecule has 0 aromatic rings. The van der Waals surface area contributed by atoms with E-state index in [0.29, 0.717) is 25.8 Å². The van der Waals surface area contributed by atoms with Crippen molar-refractivity contribution in [2.24, 2.45) is 5.41 Å². The number of carboxylic acid groups (broad SMARTS) is 1. The van der Waals surface area contributed by atoms with Gasteiger partial charge in [-0.2, -0.15) is 0 Å². The van der Waals surface area contributed by atoms with Gasteiger partial charge in [0.2, 0.25) is 11.8 Å². The molecule has 0 aliphatic heterocycles. The average Bonchev–Trinajstić information content (AvgIpc) is 2.40. The van der Waals surface area contributed by atoms with Crippen LogP contribution >= 0.6 is 0 Å². The first-order chi connectivity index (χ1) is 10.1. The first-order valence-electron chi connectivity index (χ1n) is 7.87. The van der Waals surface area contributed by atoms with Crippen LogP contribution in [0.15, 0.2) is 0 Å². The van der Waals surface area contributed by atoms with E-state index < -0.39 is 16.9 Å². The summed E-state index contributed by atoms with van der Waals surface area (Å²) in [7, 11) is 0. The molecule has 6 heteroatoms. The van der Waals surface area contributed by atoms with Crippen molar-refractivity contribution in [2.45, 2.75) is 72.3 Å². The number of hydrogen-bond acceptors (Lipinski definition) is 3. The number of hydrogen-bond donors (Lipinski definition) is 3. The molecule has 6 nitrogen and oxygen atoms in total. The van der Waals surface area contributed by atoms with Crippen LogP contribution in [0.2, 0.25) is 0 Å². The molecule has 0 saturated carbocycles. The summed E-state index contributed by atoms with van der Waals surface area (Å²) in [5.74, 6) is -1.13. The van der Waals surface area contributed by atoms with Crippen molar-refractivity contribution < 1.29 is 19.5 Å². The Bertz CT molecular complexity index is 395. The second-order valence-corrected chi connectivity index (χ2v) is 6.72. The van der Waals surface area contributed by atoms with E-state index in [0.717, 1.165) is 0 Å². The number of carbonyl (C=O) groups is 3. The van der Waals surface area contributed by atoms with Crippen molar-refractivity contribution in [3.63, 3.8) is 0 Å². The second kappa shape index (κ2) is 8.76. The molecule has 128 valence electrons. The van der Waals surface area contributed by atoms with Gasteiger partial charge in [-0.25, -0.2) is 0 Å². The van der Waals surface area contributed by atoms with Crippen LogP contribution in [0.25, 0.3) is 0 Å². The van der Waals surface area contributed by atoms with Crippen molar-refractivity contribution in [3.05, 3.63) is 0 Å². The summed E-state index contributed by atoms with van der Waals surface area (Å²) in [6.45, 7) is 9.67. The highest BCUT2D eigenvalue weighted by molar-refractivity contribution is 5.81. The van der Waals surface area contributed by atoms with E-state index >= 15 is 0 Å². The Balaban J connectivity index is 4.27. The fourth-order valence-corrected chi connectivity index (χ4v) is 2.08. The zero-order valence-corrected chi connectivity index (χ0v) is 14.4. The smallest absolute Gasteiger partial charge is 0.305 e. The van der Waals surface area contributed by atoms with Gasteiger partial charge in [0, 0.05) is 23.9 Å². The number of carboxylic acids is 1. The van der Waals surface area contributed by atoms with Gasteiger partial charge in [0.05, 0.1) is 6.42 Å². The van der Waals surface area contributed by atoms with Crippen LogP contribution < -0.4 is 10.6 Å². The van der Waals surface area contributed by atoms with Crippen LogP contribution in [0.4, 0.5) is 0 Å². The number of amides is 2. The van der Waals surface area contributed by atoms with Crippen LogP contribution in [0.3, 0.4) is 0 Å². The van der Waals surface area contributed by atoms with Crippen molar-refractivity contribution in [1.82, 2.24) is 10.6 Å². The third-order valence-electron chi connectivity index (χ3n) is 3.80. The molecule has 22 heavy (non-hydrogen) atoms. The minimum atomic E-state index is -0.915. The van der Waals surface area contributed by atoms with Gasteiger partial charge < -0.3 is 15.7 Å². The lowest BCUT2D eigenvalue weighted by atomic mass is 9.88. The van der Waals surface area contributed by atoms with E-state index in [1.807, 2.05) is 34.6 Å². The average molecular weight is 314 g/mol. The fraction of sp³-hybridized carbons (Fsp3) is 0.812. The molecule has 0 heterocycles. The van der Waals surface area contributed by atoms with Crippen LogP contribution in [-0.4, -0.2) is 35.0 Å². The molecule has 2 amide bonds.